The van der Waals surface area contributed by atoms with Gasteiger partial charge >= 0.3 is 5.97 Å². The summed E-state index contributed by atoms with van der Waals surface area (Å²) in [5, 5.41) is 10.3. The second-order valence-electron chi connectivity index (χ2n) is 4.95. The number of carboxylic acid groups (broad SMARTS) is 1. The molecule has 102 valence electrons. The van der Waals surface area contributed by atoms with E-state index in [2.05, 4.69) is 0 Å². The Labute approximate surface area is 127 Å². The fourth-order valence-corrected chi connectivity index (χ4v) is 3.24. The van der Waals surface area contributed by atoms with E-state index in [9.17, 15) is 4.79 Å². The van der Waals surface area contributed by atoms with Crippen LogP contribution in [0.25, 0.3) is 11.1 Å². The van der Waals surface area contributed by atoms with Gasteiger partial charge in [-0.3, -0.25) is 4.79 Å². The summed E-state index contributed by atoms with van der Waals surface area (Å²) in [6, 6.07) is 11.6. The second kappa shape index (κ2) is 5.12. The highest BCUT2D eigenvalue weighted by atomic mass is 35.5. The van der Waals surface area contributed by atoms with Crippen molar-refractivity contribution in [2.24, 2.45) is 0 Å². The van der Waals surface area contributed by atoms with Gasteiger partial charge in [0.2, 0.25) is 0 Å². The zero-order chi connectivity index (χ0) is 14.3. The monoisotopic (exact) mass is 306 g/mol. The number of carboxylic acids is 1. The third-order valence-electron chi connectivity index (χ3n) is 3.72. The second-order valence-corrected chi connectivity index (χ2v) is 5.82. The van der Waals surface area contributed by atoms with Crippen LogP contribution in [0, 0.1) is 0 Å². The molecular formula is C16H12Cl2O2. The minimum Gasteiger partial charge on any atom is -0.481 e. The van der Waals surface area contributed by atoms with Gasteiger partial charge in [-0.15, -0.1) is 0 Å². The van der Waals surface area contributed by atoms with E-state index in [0.717, 1.165) is 22.3 Å². The van der Waals surface area contributed by atoms with Crippen molar-refractivity contribution in [3.63, 3.8) is 0 Å². The first kappa shape index (κ1) is 13.5. The largest absolute Gasteiger partial charge is 0.481 e. The Hall–Kier alpha value is -1.51. The average Bonchev–Trinajstić information content (AvgIpc) is 2.68. The third-order valence-corrected chi connectivity index (χ3v) is 4.19. The Balaban J connectivity index is 2.11. The first-order chi connectivity index (χ1) is 9.56. The van der Waals surface area contributed by atoms with Crippen molar-refractivity contribution < 1.29 is 9.90 Å². The van der Waals surface area contributed by atoms with Crippen LogP contribution in [0.15, 0.2) is 36.4 Å². The summed E-state index contributed by atoms with van der Waals surface area (Å²) in [5.74, 6) is -0.738. The Morgan fingerprint density at radius 2 is 1.50 bits per heavy atom. The number of fused-ring (bicyclic) bond motifs is 3. The Bertz CT molecular complexity index is 643. The summed E-state index contributed by atoms with van der Waals surface area (Å²) in [5.41, 5.74) is 4.43. The number of carbonyl (C=O) groups is 1. The molecule has 0 fully saturated rings. The van der Waals surface area contributed by atoms with Gasteiger partial charge in [0.05, 0.1) is 0 Å². The van der Waals surface area contributed by atoms with Gasteiger partial charge in [-0.1, -0.05) is 35.3 Å². The van der Waals surface area contributed by atoms with Crippen LogP contribution in [0.4, 0.5) is 0 Å². The van der Waals surface area contributed by atoms with E-state index >= 15 is 0 Å². The lowest BCUT2D eigenvalue weighted by molar-refractivity contribution is -0.137. The molecule has 0 spiro atoms. The fraction of sp³-hybridized carbons (Fsp3) is 0.188. The van der Waals surface area contributed by atoms with Crippen LogP contribution < -0.4 is 0 Å². The SMILES string of the molecule is O=C(O)CCC1c2cc(Cl)ccc2-c2ccc(Cl)cc21. The van der Waals surface area contributed by atoms with Crippen molar-refractivity contribution in [1.82, 2.24) is 0 Å². The number of hydrogen-bond acceptors (Lipinski definition) is 1. The molecule has 1 N–H and O–H groups in total. The molecule has 0 aliphatic heterocycles. The molecule has 0 unspecified atom stereocenters. The van der Waals surface area contributed by atoms with E-state index in [-0.39, 0.29) is 12.3 Å². The van der Waals surface area contributed by atoms with Gasteiger partial charge in [0.25, 0.3) is 0 Å². The van der Waals surface area contributed by atoms with Gasteiger partial charge in [0.15, 0.2) is 0 Å². The molecule has 2 aromatic carbocycles. The number of benzene rings is 2. The summed E-state index contributed by atoms with van der Waals surface area (Å²) in [6.07, 6.45) is 0.679. The van der Waals surface area contributed by atoms with Crippen LogP contribution in [0.5, 0.6) is 0 Å². The van der Waals surface area contributed by atoms with E-state index in [1.165, 1.54) is 0 Å². The third kappa shape index (κ3) is 2.30. The molecule has 0 heterocycles. The smallest absolute Gasteiger partial charge is 0.303 e. The molecule has 0 radical (unpaired) electrons. The van der Waals surface area contributed by atoms with Crippen molar-refractivity contribution in [2.45, 2.75) is 18.8 Å². The van der Waals surface area contributed by atoms with E-state index in [4.69, 9.17) is 28.3 Å². The summed E-state index contributed by atoms with van der Waals surface area (Å²) in [7, 11) is 0. The molecule has 0 saturated heterocycles. The van der Waals surface area contributed by atoms with Crippen molar-refractivity contribution in [2.75, 3.05) is 0 Å². The van der Waals surface area contributed by atoms with Crippen molar-refractivity contribution >= 4 is 29.2 Å². The van der Waals surface area contributed by atoms with Gasteiger partial charge in [-0.2, -0.15) is 0 Å². The number of rotatable bonds is 3. The van der Waals surface area contributed by atoms with Crippen molar-refractivity contribution in [1.29, 1.82) is 0 Å². The molecule has 0 bridgehead atoms. The molecule has 3 rings (SSSR count). The van der Waals surface area contributed by atoms with Gasteiger partial charge in [-0.25, -0.2) is 0 Å². The number of halogens is 2. The average molecular weight is 307 g/mol. The number of hydrogen-bond donors (Lipinski definition) is 1. The molecule has 4 heteroatoms. The molecule has 1 aliphatic rings. The molecule has 2 nitrogen and oxygen atoms in total. The standard InChI is InChI=1S/C16H12Cl2O2/c17-9-1-3-11-12-4-2-10(18)8-15(12)13(14(11)7-9)5-6-16(19)20/h1-4,7-8,13H,5-6H2,(H,19,20). The molecule has 0 atom stereocenters. The predicted octanol–water partition coefficient (Wildman–Crippen LogP) is 4.97. The maximum atomic E-state index is 10.9. The summed E-state index contributed by atoms with van der Waals surface area (Å²) >= 11 is 12.2. The van der Waals surface area contributed by atoms with Crippen LogP contribution in [-0.4, -0.2) is 11.1 Å². The maximum absolute atomic E-state index is 10.9. The quantitative estimate of drug-likeness (QED) is 0.869. The Morgan fingerprint density at radius 1 is 1.00 bits per heavy atom. The lowest BCUT2D eigenvalue weighted by Gasteiger charge is -2.12. The van der Waals surface area contributed by atoms with Gasteiger partial charge in [0.1, 0.15) is 0 Å². The maximum Gasteiger partial charge on any atom is 0.303 e. The van der Waals surface area contributed by atoms with Crippen LogP contribution >= 0.6 is 23.2 Å². The first-order valence-corrected chi connectivity index (χ1v) is 7.13. The molecule has 0 saturated carbocycles. The van der Waals surface area contributed by atoms with Gasteiger partial charge < -0.3 is 5.11 Å². The van der Waals surface area contributed by atoms with Gasteiger partial charge in [-0.05, 0) is 52.9 Å². The summed E-state index contributed by atoms with van der Waals surface area (Å²) < 4.78 is 0. The first-order valence-electron chi connectivity index (χ1n) is 6.37. The van der Waals surface area contributed by atoms with Crippen molar-refractivity contribution in [3.8, 4) is 11.1 Å². The molecule has 20 heavy (non-hydrogen) atoms. The molecular weight excluding hydrogens is 295 g/mol. The van der Waals surface area contributed by atoms with E-state index in [0.29, 0.717) is 16.5 Å². The number of aliphatic carboxylic acids is 1. The minimum atomic E-state index is -0.788. The highest BCUT2D eigenvalue weighted by Crippen LogP contribution is 2.48. The van der Waals surface area contributed by atoms with Crippen LogP contribution in [0.3, 0.4) is 0 Å². The van der Waals surface area contributed by atoms with Crippen LogP contribution in [-0.2, 0) is 4.79 Å². The Morgan fingerprint density at radius 3 is 1.95 bits per heavy atom. The lowest BCUT2D eigenvalue weighted by atomic mass is 9.92. The lowest BCUT2D eigenvalue weighted by Crippen LogP contribution is -2.02. The summed E-state index contributed by atoms with van der Waals surface area (Å²) in [4.78, 5) is 10.9. The summed E-state index contributed by atoms with van der Waals surface area (Å²) in [6.45, 7) is 0. The molecule has 1 aliphatic carbocycles. The highest BCUT2D eigenvalue weighted by Gasteiger charge is 2.29. The predicted molar refractivity (Wildman–Crippen MR) is 80.6 cm³/mol. The topological polar surface area (TPSA) is 37.3 Å². The van der Waals surface area contributed by atoms with Gasteiger partial charge in [0, 0.05) is 22.4 Å². The zero-order valence-electron chi connectivity index (χ0n) is 10.6. The van der Waals surface area contributed by atoms with Crippen LogP contribution in [0.2, 0.25) is 10.0 Å². The molecule has 0 amide bonds. The van der Waals surface area contributed by atoms with Crippen molar-refractivity contribution in [3.05, 3.63) is 57.6 Å². The van der Waals surface area contributed by atoms with Crippen LogP contribution in [0.1, 0.15) is 29.9 Å². The fourth-order valence-electron chi connectivity index (χ4n) is 2.88. The highest BCUT2D eigenvalue weighted by molar-refractivity contribution is 6.31. The van der Waals surface area contributed by atoms with E-state index in [1.54, 1.807) is 0 Å². The minimum absolute atomic E-state index is 0.0495. The Kier molecular flexibility index (Phi) is 3.45. The zero-order valence-corrected chi connectivity index (χ0v) is 12.1. The van der Waals surface area contributed by atoms with E-state index < -0.39 is 5.97 Å². The normalized spacial score (nSPS) is 13.1. The molecule has 2 aromatic rings. The van der Waals surface area contributed by atoms with E-state index in [1.807, 2.05) is 36.4 Å². The molecule has 0 aromatic heterocycles.